The van der Waals surface area contributed by atoms with Gasteiger partial charge < -0.3 is 10.1 Å². The van der Waals surface area contributed by atoms with E-state index < -0.39 is 4.92 Å². The summed E-state index contributed by atoms with van der Waals surface area (Å²) in [5, 5.41) is 10.6. The number of hydrogen-bond donors (Lipinski definition) is 1. The summed E-state index contributed by atoms with van der Waals surface area (Å²) in [7, 11) is 0. The molecule has 0 aliphatic carbocycles. The Bertz CT molecular complexity index is 307. The number of imidazole rings is 1. The van der Waals surface area contributed by atoms with Crippen LogP contribution in [0.4, 0.5) is 5.95 Å². The third-order valence-corrected chi connectivity index (χ3v) is 3.16. The lowest BCUT2D eigenvalue weighted by molar-refractivity contribution is -0.393. The molecule has 5 nitrogen and oxygen atoms in total. The summed E-state index contributed by atoms with van der Waals surface area (Å²) in [4.78, 5) is 16.1. The van der Waals surface area contributed by atoms with Crippen LogP contribution in [-0.2, 0) is 0 Å². The van der Waals surface area contributed by atoms with Gasteiger partial charge in [0.05, 0.1) is 5.25 Å². The van der Waals surface area contributed by atoms with Gasteiger partial charge in [0, 0.05) is 0 Å². The number of thioether (sulfide) groups is 1. The fourth-order valence-corrected chi connectivity index (χ4v) is 1.83. The summed E-state index contributed by atoms with van der Waals surface area (Å²) < 4.78 is 0. The monoisotopic (exact) mass is 185 g/mol. The second-order valence-corrected chi connectivity index (χ2v) is 3.88. The number of nitrogens with zero attached hydrogens (tertiary/aromatic N) is 2. The molecule has 0 aromatic carbocycles. The van der Waals surface area contributed by atoms with Crippen molar-refractivity contribution in [3.63, 3.8) is 0 Å². The van der Waals surface area contributed by atoms with Crippen molar-refractivity contribution in [1.82, 2.24) is 9.97 Å². The lowest BCUT2D eigenvalue weighted by atomic mass is 10.2. The van der Waals surface area contributed by atoms with Crippen LogP contribution in [0.3, 0.4) is 0 Å². The van der Waals surface area contributed by atoms with Crippen LogP contribution in [0, 0.1) is 10.1 Å². The van der Waals surface area contributed by atoms with Gasteiger partial charge in [-0.15, -0.1) is 0 Å². The van der Waals surface area contributed by atoms with E-state index in [4.69, 9.17) is 0 Å². The summed E-state index contributed by atoms with van der Waals surface area (Å²) in [6.07, 6.45) is 2.64. The third kappa shape index (κ3) is 1.18. The molecule has 1 aromatic rings. The standard InChI is InChI=1S/C6H7N3O2S/c10-9(11)6-7-3-4(8-6)5-1-2-12-5/h3,5H,1-2H2,(H,7,8). The number of hydrogen-bond acceptors (Lipinski definition) is 4. The topological polar surface area (TPSA) is 71.8 Å². The van der Waals surface area contributed by atoms with E-state index in [1.807, 2.05) is 0 Å². The molecule has 1 aliphatic heterocycles. The predicted molar refractivity (Wildman–Crippen MR) is 45.1 cm³/mol. The van der Waals surface area contributed by atoms with E-state index >= 15 is 0 Å². The van der Waals surface area contributed by atoms with Crippen LogP contribution in [0.1, 0.15) is 17.4 Å². The molecule has 64 valence electrons. The molecule has 1 aliphatic rings. The van der Waals surface area contributed by atoms with Gasteiger partial charge in [-0.25, -0.2) is 4.98 Å². The van der Waals surface area contributed by atoms with E-state index in [1.165, 1.54) is 0 Å². The fourth-order valence-electron chi connectivity index (χ4n) is 1.06. The molecule has 0 spiro atoms. The van der Waals surface area contributed by atoms with E-state index in [-0.39, 0.29) is 5.95 Å². The molecule has 2 rings (SSSR count). The van der Waals surface area contributed by atoms with Crippen molar-refractivity contribution < 1.29 is 4.92 Å². The number of nitrogens with one attached hydrogen (secondary N) is 1. The molecule has 0 bridgehead atoms. The van der Waals surface area contributed by atoms with Crippen molar-refractivity contribution in [2.75, 3.05) is 5.75 Å². The Morgan fingerprint density at radius 1 is 1.83 bits per heavy atom. The summed E-state index contributed by atoms with van der Waals surface area (Å²) in [5.74, 6) is 0.981. The highest BCUT2D eigenvalue weighted by molar-refractivity contribution is 8.00. The van der Waals surface area contributed by atoms with E-state index in [0.717, 1.165) is 17.9 Å². The van der Waals surface area contributed by atoms with Gasteiger partial charge in [-0.05, 0) is 17.1 Å². The molecule has 1 aromatic heterocycles. The Kier molecular flexibility index (Phi) is 1.76. The number of aromatic nitrogens is 2. The van der Waals surface area contributed by atoms with E-state index in [2.05, 4.69) is 9.97 Å². The van der Waals surface area contributed by atoms with Crippen LogP contribution >= 0.6 is 11.8 Å². The number of aromatic amines is 1. The first kappa shape index (κ1) is 7.60. The highest BCUT2D eigenvalue weighted by atomic mass is 32.2. The molecule has 1 atom stereocenters. The molecule has 1 N–H and O–H groups in total. The Labute approximate surface area is 72.7 Å². The van der Waals surface area contributed by atoms with Gasteiger partial charge in [0.1, 0.15) is 11.9 Å². The Hall–Kier alpha value is -1.04. The smallest absolute Gasteiger partial charge is 0.390 e. The van der Waals surface area contributed by atoms with Gasteiger partial charge in [-0.2, -0.15) is 11.8 Å². The average Bonchev–Trinajstić information content (AvgIpc) is 2.32. The Morgan fingerprint density at radius 3 is 3.00 bits per heavy atom. The lowest BCUT2D eigenvalue weighted by Gasteiger charge is -2.21. The first-order valence-electron chi connectivity index (χ1n) is 3.58. The largest absolute Gasteiger partial charge is 0.432 e. The van der Waals surface area contributed by atoms with Crippen LogP contribution in [-0.4, -0.2) is 20.6 Å². The van der Waals surface area contributed by atoms with Crippen LogP contribution in [0.25, 0.3) is 0 Å². The maximum atomic E-state index is 10.2. The molecule has 12 heavy (non-hydrogen) atoms. The molecular formula is C6H7N3O2S. The molecule has 0 amide bonds. The van der Waals surface area contributed by atoms with Crippen molar-refractivity contribution in [3.05, 3.63) is 22.0 Å². The average molecular weight is 185 g/mol. The van der Waals surface area contributed by atoms with Crippen molar-refractivity contribution >= 4 is 17.7 Å². The van der Waals surface area contributed by atoms with Crippen molar-refractivity contribution in [1.29, 1.82) is 0 Å². The molecule has 0 saturated carbocycles. The minimum Gasteiger partial charge on any atom is -0.390 e. The maximum absolute atomic E-state index is 10.2. The number of rotatable bonds is 2. The highest BCUT2D eigenvalue weighted by Crippen LogP contribution is 2.41. The van der Waals surface area contributed by atoms with Crippen LogP contribution in [0.2, 0.25) is 0 Å². The molecule has 6 heteroatoms. The van der Waals surface area contributed by atoms with Gasteiger partial charge in [0.2, 0.25) is 0 Å². The van der Waals surface area contributed by atoms with Gasteiger partial charge in [0.25, 0.3) is 0 Å². The summed E-state index contributed by atoms with van der Waals surface area (Å²) >= 11 is 1.79. The molecule has 0 radical (unpaired) electrons. The SMILES string of the molecule is O=[N+]([O-])c1ncc(C2CCS2)[nH]1. The second-order valence-electron chi connectivity index (χ2n) is 2.57. The minimum atomic E-state index is -0.507. The molecule has 1 fully saturated rings. The lowest BCUT2D eigenvalue weighted by Crippen LogP contribution is -2.07. The van der Waals surface area contributed by atoms with Crippen molar-refractivity contribution in [2.45, 2.75) is 11.7 Å². The van der Waals surface area contributed by atoms with Crippen LogP contribution < -0.4 is 0 Å². The predicted octanol–water partition coefficient (Wildman–Crippen LogP) is 1.50. The normalized spacial score (nSPS) is 21.8. The summed E-state index contributed by atoms with van der Waals surface area (Å²) in [6.45, 7) is 0. The summed E-state index contributed by atoms with van der Waals surface area (Å²) in [6, 6.07) is 0. The Morgan fingerprint density at radius 2 is 2.58 bits per heavy atom. The maximum Gasteiger partial charge on any atom is 0.432 e. The van der Waals surface area contributed by atoms with Gasteiger partial charge in [-0.3, -0.25) is 0 Å². The molecule has 1 saturated heterocycles. The molecule has 1 unspecified atom stereocenters. The van der Waals surface area contributed by atoms with Gasteiger partial charge in [-0.1, -0.05) is 4.98 Å². The second kappa shape index (κ2) is 2.78. The summed E-state index contributed by atoms with van der Waals surface area (Å²) in [5.41, 5.74) is 0.873. The number of H-pyrrole nitrogens is 1. The van der Waals surface area contributed by atoms with E-state index in [0.29, 0.717) is 5.25 Å². The first-order valence-corrected chi connectivity index (χ1v) is 4.63. The van der Waals surface area contributed by atoms with E-state index in [1.54, 1.807) is 18.0 Å². The van der Waals surface area contributed by atoms with Gasteiger partial charge in [0.15, 0.2) is 0 Å². The zero-order valence-electron chi connectivity index (χ0n) is 6.19. The van der Waals surface area contributed by atoms with Crippen LogP contribution in [0.5, 0.6) is 0 Å². The number of nitro groups is 1. The minimum absolute atomic E-state index is 0.155. The zero-order valence-corrected chi connectivity index (χ0v) is 7.00. The fraction of sp³-hybridized carbons (Fsp3) is 0.500. The third-order valence-electron chi connectivity index (χ3n) is 1.80. The Balaban J connectivity index is 2.17. The van der Waals surface area contributed by atoms with Gasteiger partial charge >= 0.3 is 5.95 Å². The van der Waals surface area contributed by atoms with Crippen molar-refractivity contribution in [3.8, 4) is 0 Å². The first-order chi connectivity index (χ1) is 5.77. The zero-order chi connectivity index (χ0) is 8.55. The highest BCUT2D eigenvalue weighted by Gasteiger charge is 2.25. The van der Waals surface area contributed by atoms with Crippen LogP contribution in [0.15, 0.2) is 6.20 Å². The molecule has 2 heterocycles. The van der Waals surface area contributed by atoms with E-state index in [9.17, 15) is 10.1 Å². The van der Waals surface area contributed by atoms with Crippen molar-refractivity contribution in [2.24, 2.45) is 0 Å². The molecular weight excluding hydrogens is 178 g/mol. The quantitative estimate of drug-likeness (QED) is 0.559.